The summed E-state index contributed by atoms with van der Waals surface area (Å²) in [4.78, 5) is 24.3. The minimum absolute atomic E-state index is 0.311. The van der Waals surface area contributed by atoms with E-state index < -0.39 is 5.97 Å². The number of benzene rings is 3. The van der Waals surface area contributed by atoms with Crippen molar-refractivity contribution in [1.29, 1.82) is 0 Å². The number of hydrogen-bond acceptors (Lipinski definition) is 3. The SMILES string of the molecule is O=C(COC(=O)c1ccccc1-c1ccccc1)NCc1ccccc1. The summed E-state index contributed by atoms with van der Waals surface area (Å²) in [7, 11) is 0. The van der Waals surface area contributed by atoms with Crippen molar-refractivity contribution in [2.45, 2.75) is 6.54 Å². The second kappa shape index (κ2) is 8.62. The first-order chi connectivity index (χ1) is 12.7. The van der Waals surface area contributed by atoms with Gasteiger partial charge in [-0.3, -0.25) is 4.79 Å². The highest BCUT2D eigenvalue weighted by Crippen LogP contribution is 2.23. The summed E-state index contributed by atoms with van der Waals surface area (Å²) >= 11 is 0. The van der Waals surface area contributed by atoms with E-state index in [1.807, 2.05) is 72.8 Å². The Morgan fingerprint density at radius 3 is 2.12 bits per heavy atom. The molecule has 4 heteroatoms. The molecule has 0 saturated carbocycles. The van der Waals surface area contributed by atoms with Gasteiger partial charge in [0, 0.05) is 6.54 Å². The van der Waals surface area contributed by atoms with Crippen LogP contribution in [0.15, 0.2) is 84.9 Å². The molecule has 0 atom stereocenters. The molecule has 26 heavy (non-hydrogen) atoms. The average Bonchev–Trinajstić information content (AvgIpc) is 2.72. The highest BCUT2D eigenvalue weighted by molar-refractivity contribution is 5.98. The fourth-order valence-electron chi connectivity index (χ4n) is 2.59. The zero-order chi connectivity index (χ0) is 18.2. The average molecular weight is 345 g/mol. The summed E-state index contributed by atoms with van der Waals surface area (Å²) in [6, 6.07) is 26.4. The van der Waals surface area contributed by atoms with Crippen molar-refractivity contribution in [2.24, 2.45) is 0 Å². The van der Waals surface area contributed by atoms with Crippen LogP contribution in [0, 0.1) is 0 Å². The van der Waals surface area contributed by atoms with Crippen molar-refractivity contribution in [3.05, 3.63) is 96.1 Å². The fourth-order valence-corrected chi connectivity index (χ4v) is 2.59. The van der Waals surface area contributed by atoms with Crippen LogP contribution >= 0.6 is 0 Å². The summed E-state index contributed by atoms with van der Waals surface area (Å²) in [5, 5.41) is 2.74. The predicted octanol–water partition coefficient (Wildman–Crippen LogP) is 3.83. The Balaban J connectivity index is 1.59. The van der Waals surface area contributed by atoms with Crippen molar-refractivity contribution >= 4 is 11.9 Å². The first kappa shape index (κ1) is 17.4. The van der Waals surface area contributed by atoms with Crippen LogP contribution in [0.5, 0.6) is 0 Å². The Morgan fingerprint density at radius 1 is 0.769 bits per heavy atom. The number of carbonyl (C=O) groups excluding carboxylic acids is 2. The van der Waals surface area contributed by atoms with E-state index in [1.165, 1.54) is 0 Å². The van der Waals surface area contributed by atoms with Gasteiger partial charge in [0.05, 0.1) is 5.56 Å². The fraction of sp³-hybridized carbons (Fsp3) is 0.0909. The van der Waals surface area contributed by atoms with Gasteiger partial charge in [-0.2, -0.15) is 0 Å². The minimum atomic E-state index is -0.515. The van der Waals surface area contributed by atoms with Crippen LogP contribution < -0.4 is 5.32 Å². The smallest absolute Gasteiger partial charge is 0.339 e. The Kier molecular flexibility index (Phi) is 5.78. The van der Waals surface area contributed by atoms with Gasteiger partial charge >= 0.3 is 5.97 Å². The number of hydrogen-bond donors (Lipinski definition) is 1. The third-order valence-electron chi connectivity index (χ3n) is 3.90. The predicted molar refractivity (Wildman–Crippen MR) is 100 cm³/mol. The normalized spacial score (nSPS) is 10.2. The topological polar surface area (TPSA) is 55.4 Å². The van der Waals surface area contributed by atoms with Crippen molar-refractivity contribution in [3.8, 4) is 11.1 Å². The van der Waals surface area contributed by atoms with Gasteiger partial charge in [0.25, 0.3) is 5.91 Å². The van der Waals surface area contributed by atoms with Gasteiger partial charge < -0.3 is 10.1 Å². The number of rotatable bonds is 6. The molecule has 0 aliphatic rings. The van der Waals surface area contributed by atoms with Crippen LogP contribution in [0.4, 0.5) is 0 Å². The van der Waals surface area contributed by atoms with Crippen LogP contribution in [0.1, 0.15) is 15.9 Å². The second-order valence-corrected chi connectivity index (χ2v) is 5.75. The number of esters is 1. The maximum Gasteiger partial charge on any atom is 0.339 e. The largest absolute Gasteiger partial charge is 0.452 e. The molecule has 0 aromatic heterocycles. The Hall–Kier alpha value is -3.40. The molecular weight excluding hydrogens is 326 g/mol. The lowest BCUT2D eigenvalue weighted by atomic mass is 10.00. The zero-order valence-corrected chi connectivity index (χ0v) is 14.2. The molecule has 0 heterocycles. The van der Waals surface area contributed by atoms with Crippen molar-refractivity contribution in [2.75, 3.05) is 6.61 Å². The van der Waals surface area contributed by atoms with Gasteiger partial charge in [0.2, 0.25) is 0 Å². The van der Waals surface area contributed by atoms with E-state index in [2.05, 4.69) is 5.32 Å². The lowest BCUT2D eigenvalue weighted by Gasteiger charge is -2.10. The van der Waals surface area contributed by atoms with Crippen LogP contribution in [-0.2, 0) is 16.1 Å². The van der Waals surface area contributed by atoms with Gasteiger partial charge in [-0.1, -0.05) is 78.9 Å². The highest BCUT2D eigenvalue weighted by Gasteiger charge is 2.15. The van der Waals surface area contributed by atoms with Crippen molar-refractivity contribution in [3.63, 3.8) is 0 Å². The molecule has 1 amide bonds. The van der Waals surface area contributed by atoms with Crippen molar-refractivity contribution < 1.29 is 14.3 Å². The molecule has 0 bridgehead atoms. The number of nitrogens with one attached hydrogen (secondary N) is 1. The molecule has 0 fully saturated rings. The minimum Gasteiger partial charge on any atom is -0.452 e. The number of amides is 1. The van der Waals surface area contributed by atoms with E-state index in [1.54, 1.807) is 12.1 Å². The highest BCUT2D eigenvalue weighted by atomic mass is 16.5. The van der Waals surface area contributed by atoms with Crippen LogP contribution in [-0.4, -0.2) is 18.5 Å². The summed E-state index contributed by atoms with van der Waals surface area (Å²) in [5.74, 6) is -0.848. The van der Waals surface area contributed by atoms with Crippen LogP contribution in [0.3, 0.4) is 0 Å². The van der Waals surface area contributed by atoms with Crippen LogP contribution in [0.25, 0.3) is 11.1 Å². The lowest BCUT2D eigenvalue weighted by Crippen LogP contribution is -2.28. The monoisotopic (exact) mass is 345 g/mol. The van der Waals surface area contributed by atoms with Crippen molar-refractivity contribution in [1.82, 2.24) is 5.32 Å². The third-order valence-corrected chi connectivity index (χ3v) is 3.90. The molecule has 130 valence electrons. The van der Waals surface area contributed by atoms with E-state index in [0.29, 0.717) is 12.1 Å². The van der Waals surface area contributed by atoms with Gasteiger partial charge in [-0.25, -0.2) is 4.79 Å². The first-order valence-corrected chi connectivity index (χ1v) is 8.36. The Bertz CT molecular complexity index is 876. The van der Waals surface area contributed by atoms with E-state index in [4.69, 9.17) is 4.74 Å². The summed E-state index contributed by atoms with van der Waals surface area (Å²) in [5.41, 5.74) is 3.13. The molecule has 0 aliphatic carbocycles. The van der Waals surface area contributed by atoms with Gasteiger partial charge in [-0.05, 0) is 22.8 Å². The molecule has 1 N–H and O–H groups in total. The standard InChI is InChI=1S/C22H19NO3/c24-21(23-15-17-9-3-1-4-10-17)16-26-22(25)20-14-8-7-13-19(20)18-11-5-2-6-12-18/h1-14H,15-16H2,(H,23,24). The second-order valence-electron chi connectivity index (χ2n) is 5.75. The third kappa shape index (κ3) is 4.57. The maximum atomic E-state index is 12.4. The van der Waals surface area contributed by atoms with Crippen LogP contribution in [0.2, 0.25) is 0 Å². The zero-order valence-electron chi connectivity index (χ0n) is 14.2. The van der Waals surface area contributed by atoms with E-state index in [9.17, 15) is 9.59 Å². The molecule has 4 nitrogen and oxygen atoms in total. The molecule has 3 aromatic carbocycles. The maximum absolute atomic E-state index is 12.4. The van der Waals surface area contributed by atoms with Gasteiger partial charge in [0.1, 0.15) is 0 Å². The lowest BCUT2D eigenvalue weighted by molar-refractivity contribution is -0.124. The molecule has 0 aliphatic heterocycles. The number of carbonyl (C=O) groups is 2. The first-order valence-electron chi connectivity index (χ1n) is 8.36. The Labute approximate surface area is 152 Å². The van der Waals surface area contributed by atoms with E-state index in [-0.39, 0.29) is 12.5 Å². The molecule has 0 radical (unpaired) electrons. The quantitative estimate of drug-likeness (QED) is 0.691. The molecule has 0 saturated heterocycles. The molecular formula is C22H19NO3. The molecule has 0 unspecified atom stereocenters. The van der Waals surface area contributed by atoms with Gasteiger partial charge in [0.15, 0.2) is 6.61 Å². The van der Waals surface area contributed by atoms with E-state index >= 15 is 0 Å². The molecule has 3 rings (SSSR count). The summed E-state index contributed by atoms with van der Waals surface area (Å²) in [6.07, 6.45) is 0. The van der Waals surface area contributed by atoms with E-state index in [0.717, 1.165) is 16.7 Å². The molecule has 0 spiro atoms. The molecule has 3 aromatic rings. The number of ether oxygens (including phenoxy) is 1. The summed E-state index contributed by atoms with van der Waals surface area (Å²) in [6.45, 7) is 0.0899. The summed E-state index contributed by atoms with van der Waals surface area (Å²) < 4.78 is 5.19. The van der Waals surface area contributed by atoms with Gasteiger partial charge in [-0.15, -0.1) is 0 Å². The Morgan fingerprint density at radius 2 is 1.38 bits per heavy atom.